The molecule has 164 valence electrons. The summed E-state index contributed by atoms with van der Waals surface area (Å²) >= 11 is 0. The Morgan fingerprint density at radius 1 is 1.13 bits per heavy atom. The number of ether oxygens (including phenoxy) is 2. The summed E-state index contributed by atoms with van der Waals surface area (Å²) in [5.74, 6) is 1.00. The van der Waals surface area contributed by atoms with Crippen molar-refractivity contribution in [3.05, 3.63) is 54.1 Å². The van der Waals surface area contributed by atoms with Crippen LogP contribution >= 0.6 is 0 Å². The molecule has 0 fully saturated rings. The van der Waals surface area contributed by atoms with E-state index in [1.165, 1.54) is 7.11 Å². The molecular weight excluding hydrogens is 404 g/mol. The Morgan fingerprint density at radius 2 is 1.83 bits per heavy atom. The molecule has 1 N–H and O–H groups in total. The maximum Gasteiger partial charge on any atom is 0.243 e. The fraction of sp³-hybridized carbons (Fsp3) is 0.409. The van der Waals surface area contributed by atoms with Gasteiger partial charge in [-0.1, -0.05) is 18.2 Å². The van der Waals surface area contributed by atoms with Gasteiger partial charge in [-0.3, -0.25) is 9.10 Å². The summed E-state index contributed by atoms with van der Waals surface area (Å²) in [6, 6.07) is 13.6. The van der Waals surface area contributed by atoms with Crippen LogP contribution in [0.25, 0.3) is 0 Å². The van der Waals surface area contributed by atoms with Crippen LogP contribution < -0.4 is 19.1 Å². The second kappa shape index (κ2) is 10.9. The second-order valence-corrected chi connectivity index (χ2v) is 8.77. The van der Waals surface area contributed by atoms with Crippen molar-refractivity contribution >= 4 is 21.6 Å². The Kier molecular flexibility index (Phi) is 8.53. The maximum atomic E-state index is 12.6. The highest BCUT2D eigenvalue weighted by atomic mass is 32.2. The van der Waals surface area contributed by atoms with E-state index in [-0.39, 0.29) is 5.91 Å². The molecule has 2 aromatic rings. The Balaban J connectivity index is 1.95. The zero-order valence-electron chi connectivity index (χ0n) is 17.9. The summed E-state index contributed by atoms with van der Waals surface area (Å²) in [6.45, 7) is 4.59. The molecule has 0 spiro atoms. The molecule has 0 saturated heterocycles. The van der Waals surface area contributed by atoms with Crippen LogP contribution in [-0.2, 0) is 21.2 Å². The maximum absolute atomic E-state index is 12.6. The van der Waals surface area contributed by atoms with Gasteiger partial charge < -0.3 is 14.8 Å². The lowest BCUT2D eigenvalue weighted by molar-refractivity contribution is -0.121. The number of carbonyl (C=O) groups is 1. The first-order chi connectivity index (χ1) is 14.3. The fourth-order valence-corrected chi connectivity index (χ4v) is 4.29. The average Bonchev–Trinajstić information content (AvgIpc) is 2.71. The third-order valence-corrected chi connectivity index (χ3v) is 5.81. The van der Waals surface area contributed by atoms with Crippen molar-refractivity contribution in [1.29, 1.82) is 0 Å². The van der Waals surface area contributed by atoms with E-state index in [0.29, 0.717) is 24.6 Å². The van der Waals surface area contributed by atoms with Crippen LogP contribution in [0.4, 0.5) is 5.69 Å². The highest BCUT2D eigenvalue weighted by Gasteiger charge is 2.29. The summed E-state index contributed by atoms with van der Waals surface area (Å²) in [6.07, 6.45) is 2.62. The summed E-state index contributed by atoms with van der Waals surface area (Å²) in [5, 5.41) is 2.83. The van der Waals surface area contributed by atoms with Crippen LogP contribution in [0.2, 0.25) is 0 Å². The molecule has 0 heterocycles. The first kappa shape index (κ1) is 23.5. The molecule has 2 aromatic carbocycles. The monoisotopic (exact) mass is 434 g/mol. The van der Waals surface area contributed by atoms with Crippen molar-refractivity contribution in [3.63, 3.8) is 0 Å². The van der Waals surface area contributed by atoms with Crippen LogP contribution in [0.3, 0.4) is 0 Å². The van der Waals surface area contributed by atoms with Gasteiger partial charge in [0, 0.05) is 12.6 Å². The van der Waals surface area contributed by atoms with Crippen LogP contribution in [0.15, 0.2) is 48.5 Å². The van der Waals surface area contributed by atoms with E-state index in [0.717, 1.165) is 34.7 Å². The average molecular weight is 435 g/mol. The predicted molar refractivity (Wildman–Crippen MR) is 119 cm³/mol. The Morgan fingerprint density at radius 3 is 2.43 bits per heavy atom. The smallest absolute Gasteiger partial charge is 0.243 e. The Bertz CT molecular complexity index is 929. The molecule has 0 unspecified atom stereocenters. The fourth-order valence-electron chi connectivity index (χ4n) is 3.13. The van der Waals surface area contributed by atoms with Crippen molar-refractivity contribution < 1.29 is 22.7 Å². The van der Waals surface area contributed by atoms with Gasteiger partial charge in [0.05, 0.1) is 25.7 Å². The number of hydrogen-bond donors (Lipinski definition) is 1. The lowest BCUT2D eigenvalue weighted by Gasteiger charge is -2.28. The van der Waals surface area contributed by atoms with Crippen molar-refractivity contribution in [2.24, 2.45) is 0 Å². The van der Waals surface area contributed by atoms with E-state index < -0.39 is 16.1 Å². The van der Waals surface area contributed by atoms with Gasteiger partial charge in [-0.15, -0.1) is 0 Å². The molecule has 7 nitrogen and oxygen atoms in total. The minimum absolute atomic E-state index is 0.352. The number of nitrogens with zero attached hydrogens (tertiary/aromatic N) is 1. The number of amides is 1. The number of benzene rings is 2. The van der Waals surface area contributed by atoms with E-state index in [1.807, 2.05) is 31.2 Å². The van der Waals surface area contributed by atoms with Gasteiger partial charge >= 0.3 is 0 Å². The molecule has 30 heavy (non-hydrogen) atoms. The van der Waals surface area contributed by atoms with Gasteiger partial charge in [0.1, 0.15) is 17.5 Å². The largest absolute Gasteiger partial charge is 0.497 e. The number of carbonyl (C=O) groups excluding carboxylic acids is 1. The lowest BCUT2D eigenvalue weighted by atomic mass is 10.1. The van der Waals surface area contributed by atoms with Gasteiger partial charge in [-0.2, -0.15) is 0 Å². The second-order valence-electron chi connectivity index (χ2n) is 6.91. The number of nitrogens with one attached hydrogen (secondary N) is 1. The molecule has 0 saturated carbocycles. The van der Waals surface area contributed by atoms with Crippen molar-refractivity contribution in [3.8, 4) is 11.5 Å². The molecule has 0 radical (unpaired) electrons. The van der Waals surface area contributed by atoms with Gasteiger partial charge in [0.2, 0.25) is 15.9 Å². The van der Waals surface area contributed by atoms with Gasteiger partial charge in [0.25, 0.3) is 0 Å². The first-order valence-electron chi connectivity index (χ1n) is 9.89. The quantitative estimate of drug-likeness (QED) is 0.550. The molecule has 2 rings (SSSR count). The van der Waals surface area contributed by atoms with Crippen molar-refractivity contribution in [2.45, 2.75) is 32.7 Å². The molecule has 0 bridgehead atoms. The standard InChI is InChI=1S/C22H30N2O5S/c1-5-29-20-13-11-18(12-14-20)8-7-15-23-22(25)17(2)24(30(4,26)27)19-9-6-10-21(16-19)28-3/h6,9-14,16-17H,5,7-8,15H2,1-4H3,(H,23,25)/t17-/m1/s1. The highest BCUT2D eigenvalue weighted by Crippen LogP contribution is 2.25. The number of hydrogen-bond acceptors (Lipinski definition) is 5. The minimum Gasteiger partial charge on any atom is -0.497 e. The summed E-state index contributed by atoms with van der Waals surface area (Å²) < 4.78 is 36.4. The number of methoxy groups -OCH3 is 1. The van der Waals surface area contributed by atoms with Gasteiger partial charge in [-0.05, 0) is 56.5 Å². The van der Waals surface area contributed by atoms with E-state index in [1.54, 1.807) is 31.2 Å². The van der Waals surface area contributed by atoms with Gasteiger partial charge in [-0.25, -0.2) is 8.42 Å². The van der Waals surface area contributed by atoms with E-state index in [2.05, 4.69) is 5.32 Å². The molecule has 1 atom stereocenters. The molecule has 1 amide bonds. The van der Waals surface area contributed by atoms with E-state index in [9.17, 15) is 13.2 Å². The molecule has 8 heteroatoms. The summed E-state index contributed by atoms with van der Waals surface area (Å²) in [5.41, 5.74) is 1.53. The molecular formula is C22H30N2O5S. The first-order valence-corrected chi connectivity index (χ1v) is 11.7. The van der Waals surface area contributed by atoms with E-state index in [4.69, 9.17) is 9.47 Å². The van der Waals surface area contributed by atoms with Crippen LogP contribution in [-0.4, -0.2) is 46.9 Å². The minimum atomic E-state index is -3.66. The molecule has 0 aromatic heterocycles. The molecule has 0 aliphatic rings. The van der Waals surface area contributed by atoms with Crippen LogP contribution in [0.1, 0.15) is 25.8 Å². The van der Waals surface area contributed by atoms with E-state index >= 15 is 0 Å². The van der Waals surface area contributed by atoms with Gasteiger partial charge in [0.15, 0.2) is 0 Å². The number of anilines is 1. The normalized spacial score (nSPS) is 12.1. The summed E-state index contributed by atoms with van der Waals surface area (Å²) in [4.78, 5) is 12.6. The van der Waals surface area contributed by atoms with Crippen molar-refractivity contribution in [2.75, 3.05) is 30.8 Å². The van der Waals surface area contributed by atoms with Crippen LogP contribution in [0.5, 0.6) is 11.5 Å². The third kappa shape index (κ3) is 6.66. The number of rotatable bonds is 11. The zero-order chi connectivity index (χ0) is 22.1. The predicted octanol–water partition coefficient (Wildman–Crippen LogP) is 3.00. The summed E-state index contributed by atoms with van der Waals surface area (Å²) in [7, 11) is -2.16. The topological polar surface area (TPSA) is 84.9 Å². The third-order valence-electron chi connectivity index (χ3n) is 4.57. The highest BCUT2D eigenvalue weighted by molar-refractivity contribution is 7.92. The van der Waals surface area contributed by atoms with Crippen LogP contribution in [0, 0.1) is 0 Å². The molecule has 0 aliphatic carbocycles. The van der Waals surface area contributed by atoms with Crippen molar-refractivity contribution in [1.82, 2.24) is 5.32 Å². The lowest BCUT2D eigenvalue weighted by Crippen LogP contribution is -2.48. The molecule has 0 aliphatic heterocycles. The number of aryl methyl sites for hydroxylation is 1. The Labute approximate surface area is 179 Å². The number of sulfonamides is 1. The Hall–Kier alpha value is -2.74. The SMILES string of the molecule is CCOc1ccc(CCCNC(=O)[C@@H](C)N(c2cccc(OC)c2)S(C)(=O)=O)cc1. The zero-order valence-corrected chi connectivity index (χ0v) is 18.7.